The van der Waals surface area contributed by atoms with Crippen LogP contribution in [0.3, 0.4) is 0 Å². The molecule has 0 bridgehead atoms. The first kappa shape index (κ1) is 21.9. The Kier molecular flexibility index (Phi) is 5.89. The number of hydrogen-bond donors (Lipinski definition) is 4. The summed E-state index contributed by atoms with van der Waals surface area (Å²) >= 11 is 0. The molecule has 0 saturated heterocycles. The van der Waals surface area contributed by atoms with Gasteiger partial charge in [0.15, 0.2) is 0 Å². The Hall–Kier alpha value is -2.30. The number of thiol groups is 1. The van der Waals surface area contributed by atoms with Gasteiger partial charge in [0.25, 0.3) is 0 Å². The van der Waals surface area contributed by atoms with E-state index >= 15 is 0 Å². The summed E-state index contributed by atoms with van der Waals surface area (Å²) in [4.78, 5) is 17.4. The lowest BCUT2D eigenvalue weighted by atomic mass is 9.89. The average Bonchev–Trinajstić information content (AvgIpc) is 3.39. The van der Waals surface area contributed by atoms with E-state index in [1.807, 2.05) is 10.7 Å². The average molecular weight is 447 g/mol. The summed E-state index contributed by atoms with van der Waals surface area (Å²) in [6.45, 7) is 6.40. The van der Waals surface area contributed by atoms with Crippen LogP contribution in [0.25, 0.3) is 0 Å². The molecule has 3 atom stereocenters. The van der Waals surface area contributed by atoms with Crippen molar-refractivity contribution in [3.05, 3.63) is 40.5 Å². The van der Waals surface area contributed by atoms with E-state index in [1.54, 1.807) is 6.20 Å². The Bertz CT molecular complexity index is 1100. The van der Waals surface area contributed by atoms with Gasteiger partial charge in [0.1, 0.15) is 10.8 Å². The van der Waals surface area contributed by atoms with E-state index < -0.39 is 16.8 Å². The second-order valence-corrected chi connectivity index (χ2v) is 9.94. The van der Waals surface area contributed by atoms with Crippen molar-refractivity contribution in [3.8, 4) is 0 Å². The number of anilines is 1. The number of rotatable bonds is 5. The van der Waals surface area contributed by atoms with E-state index in [1.165, 1.54) is 0 Å². The van der Waals surface area contributed by atoms with Crippen molar-refractivity contribution in [3.63, 3.8) is 0 Å². The number of amides is 2. The maximum atomic E-state index is 12.3. The molecule has 0 fully saturated rings. The van der Waals surface area contributed by atoms with Crippen LogP contribution >= 0.6 is 0 Å². The van der Waals surface area contributed by atoms with Gasteiger partial charge in [-0.1, -0.05) is 13.8 Å². The molecule has 3 unspecified atom stereocenters. The third-order valence-electron chi connectivity index (χ3n) is 6.58. The molecule has 4 rings (SSSR count). The maximum Gasteiger partial charge on any atom is 0.354 e. The summed E-state index contributed by atoms with van der Waals surface area (Å²) in [5, 5.41) is 22.0. The fraction of sp³-hybridized carbons (Fsp3) is 0.571. The molecule has 31 heavy (non-hydrogen) atoms. The van der Waals surface area contributed by atoms with Crippen LogP contribution in [0.1, 0.15) is 80.2 Å². The summed E-state index contributed by atoms with van der Waals surface area (Å²) in [6.07, 6.45) is 6.07. The highest BCUT2D eigenvalue weighted by Gasteiger charge is 2.39. The molecular formula is C21H30N6O3S. The Morgan fingerprint density at radius 1 is 1.45 bits per heavy atom. The predicted molar refractivity (Wildman–Crippen MR) is 119 cm³/mol. The van der Waals surface area contributed by atoms with E-state index in [2.05, 4.69) is 35.5 Å². The van der Waals surface area contributed by atoms with Crippen molar-refractivity contribution in [2.24, 2.45) is 9.50 Å². The summed E-state index contributed by atoms with van der Waals surface area (Å²) in [5.74, 6) is 0.223. The van der Waals surface area contributed by atoms with Crippen molar-refractivity contribution in [1.29, 1.82) is 0 Å². The summed E-state index contributed by atoms with van der Waals surface area (Å²) in [6, 6.07) is 1.25. The van der Waals surface area contributed by atoms with Crippen LogP contribution in [0.5, 0.6) is 0 Å². The Morgan fingerprint density at radius 3 is 2.94 bits per heavy atom. The van der Waals surface area contributed by atoms with Crippen LogP contribution in [0.4, 0.5) is 10.5 Å². The predicted octanol–water partition coefficient (Wildman–Crippen LogP) is 2.75. The number of carbonyl (C=O) groups excluding carboxylic acids is 1. The highest BCUT2D eigenvalue weighted by atomic mass is 32.2. The number of fused-ring (bicyclic) bond motifs is 2. The smallest absolute Gasteiger partial charge is 0.354 e. The van der Waals surface area contributed by atoms with Crippen molar-refractivity contribution < 1.29 is 14.1 Å². The van der Waals surface area contributed by atoms with Crippen LogP contribution in [0.2, 0.25) is 0 Å². The quantitative estimate of drug-likeness (QED) is 0.524. The first-order chi connectivity index (χ1) is 14.7. The molecule has 4 N–H and O–H groups in total. The van der Waals surface area contributed by atoms with Gasteiger partial charge in [-0.05, 0) is 56.2 Å². The van der Waals surface area contributed by atoms with Crippen LogP contribution in [-0.2, 0) is 35.6 Å². The number of hydrogen-bond acceptors (Lipinski definition) is 5. The van der Waals surface area contributed by atoms with Crippen molar-refractivity contribution in [2.45, 2.75) is 76.9 Å². The number of pyridine rings is 1. The fourth-order valence-corrected chi connectivity index (χ4v) is 5.30. The van der Waals surface area contributed by atoms with Crippen LogP contribution in [0.15, 0.2) is 16.6 Å². The zero-order chi connectivity index (χ0) is 22.3. The molecule has 0 saturated carbocycles. The number of nitrogens with one attached hydrogen (secondary N) is 1. The van der Waals surface area contributed by atoms with E-state index in [9.17, 15) is 14.1 Å². The van der Waals surface area contributed by atoms with E-state index in [4.69, 9.17) is 10.1 Å². The number of aliphatic hydroxyl groups excluding tert-OH is 1. The second-order valence-electron chi connectivity index (χ2n) is 9.14. The highest BCUT2D eigenvalue weighted by molar-refractivity contribution is 7.72. The Morgan fingerprint density at radius 2 is 2.23 bits per heavy atom. The van der Waals surface area contributed by atoms with Crippen LogP contribution in [0, 0.1) is 0 Å². The number of urea groups is 1. The number of aromatic nitrogens is 3. The van der Waals surface area contributed by atoms with Gasteiger partial charge in [0, 0.05) is 23.2 Å². The van der Waals surface area contributed by atoms with E-state index in [0.29, 0.717) is 0 Å². The molecule has 2 aliphatic carbocycles. The monoisotopic (exact) mass is 446 g/mol. The number of nitrogens with two attached hydrogens (primary N) is 1. The van der Waals surface area contributed by atoms with Gasteiger partial charge in [-0.25, -0.2) is 14.1 Å². The molecule has 9 nitrogen and oxygen atoms in total. The minimum absolute atomic E-state index is 0.0470. The largest absolute Gasteiger partial charge is 0.390 e. The molecule has 10 heteroatoms. The first-order valence-electron chi connectivity index (χ1n) is 10.6. The molecule has 0 radical (unpaired) electrons. The van der Waals surface area contributed by atoms with Crippen molar-refractivity contribution in [1.82, 2.24) is 14.8 Å². The second kappa shape index (κ2) is 8.33. The molecule has 2 aromatic rings. The third kappa shape index (κ3) is 4.11. The normalized spacial score (nSPS) is 21.0. The molecule has 2 aliphatic rings. The zero-order valence-electron chi connectivity index (χ0n) is 18.1. The van der Waals surface area contributed by atoms with Crippen molar-refractivity contribution >= 4 is 22.5 Å². The number of nitrogens with zero attached hydrogens (tertiary/aromatic N) is 4. The van der Waals surface area contributed by atoms with E-state index in [-0.39, 0.29) is 24.0 Å². The molecule has 0 spiro atoms. The van der Waals surface area contributed by atoms with Gasteiger partial charge in [-0.2, -0.15) is 5.10 Å². The molecular weight excluding hydrogens is 416 g/mol. The molecule has 2 aromatic heterocycles. The SMILES string of the molecule is CC(CC1CCc2c1nc1c(c2NC(=O)/N=[SH](/N)=O)CCC1(C)C)n1nccc1CO. The Balaban J connectivity index is 1.71. The first-order valence-corrected chi connectivity index (χ1v) is 11.9. The highest BCUT2D eigenvalue weighted by Crippen LogP contribution is 2.48. The van der Waals surface area contributed by atoms with Gasteiger partial charge < -0.3 is 10.4 Å². The van der Waals surface area contributed by atoms with Gasteiger partial charge in [0.05, 0.1) is 29.7 Å². The Labute approximate surface area is 183 Å². The standard InChI is InChI=1S/C21H30N6O3S/c1-12(27-14(11-28)7-9-23-27)10-13-4-5-15-17(13)24-19-16(6-8-21(19,2)3)18(15)25-20(29)26-31(22)30/h7,9,12-13,28,31H,4-6,8,10-11H2,1-3H3,(H3,22,24,25,26,29,30). The lowest BCUT2D eigenvalue weighted by Crippen LogP contribution is -2.19. The molecule has 168 valence electrons. The van der Waals surface area contributed by atoms with Crippen LogP contribution < -0.4 is 10.5 Å². The molecule has 2 heterocycles. The van der Waals surface area contributed by atoms with Gasteiger partial charge in [0.2, 0.25) is 0 Å². The third-order valence-corrected chi connectivity index (χ3v) is 6.96. The molecule has 0 aliphatic heterocycles. The maximum absolute atomic E-state index is 12.3. The van der Waals surface area contributed by atoms with Crippen molar-refractivity contribution in [2.75, 3.05) is 5.32 Å². The summed E-state index contributed by atoms with van der Waals surface area (Å²) in [7, 11) is -2.40. The zero-order valence-corrected chi connectivity index (χ0v) is 19.0. The lowest BCUT2D eigenvalue weighted by Gasteiger charge is -2.23. The number of aliphatic hydroxyl groups is 1. The lowest BCUT2D eigenvalue weighted by molar-refractivity contribution is 0.259. The van der Waals surface area contributed by atoms with Gasteiger partial charge in [-0.15, -0.1) is 4.36 Å². The minimum Gasteiger partial charge on any atom is -0.390 e. The van der Waals surface area contributed by atoms with Crippen LogP contribution in [-0.4, -0.2) is 30.1 Å². The van der Waals surface area contributed by atoms with E-state index in [0.717, 1.165) is 66.0 Å². The summed E-state index contributed by atoms with van der Waals surface area (Å²) in [5.41, 5.74) is 5.64. The van der Waals surface area contributed by atoms with Gasteiger partial charge in [-0.3, -0.25) is 9.67 Å². The minimum atomic E-state index is -2.40. The van der Waals surface area contributed by atoms with Gasteiger partial charge >= 0.3 is 6.03 Å². The topological polar surface area (TPSA) is 135 Å². The fourth-order valence-electron chi connectivity index (χ4n) is 5.07. The summed E-state index contributed by atoms with van der Waals surface area (Å²) < 4.78 is 16.5. The molecule has 0 aromatic carbocycles. The number of carbonyl (C=O) groups is 1. The molecule has 2 amide bonds.